The predicted octanol–water partition coefficient (Wildman–Crippen LogP) is 1.19. The van der Waals surface area contributed by atoms with E-state index in [9.17, 15) is 9.90 Å². The van der Waals surface area contributed by atoms with Crippen LogP contribution >= 0.6 is 0 Å². The van der Waals surface area contributed by atoms with Crippen molar-refractivity contribution in [2.45, 2.75) is 57.3 Å². The van der Waals surface area contributed by atoms with Gasteiger partial charge in [0.05, 0.1) is 17.8 Å². The number of ether oxygens (including phenoxy) is 2. The van der Waals surface area contributed by atoms with Crippen LogP contribution in [-0.4, -0.2) is 60.5 Å². The Morgan fingerprint density at radius 3 is 2.65 bits per heavy atom. The van der Waals surface area contributed by atoms with E-state index in [1.807, 2.05) is 4.90 Å². The summed E-state index contributed by atoms with van der Waals surface area (Å²) in [4.78, 5) is 13.7. The Morgan fingerprint density at radius 1 is 1.45 bits per heavy atom. The molecule has 0 aromatic heterocycles. The smallest absolute Gasteiger partial charge is 0.248 e. The Balaban J connectivity index is 1.95. The molecule has 0 bridgehead atoms. The lowest BCUT2D eigenvalue weighted by Crippen LogP contribution is -2.54. The van der Waals surface area contributed by atoms with Gasteiger partial charge in [0.2, 0.25) is 5.91 Å². The van der Waals surface area contributed by atoms with Gasteiger partial charge in [-0.15, -0.1) is 0 Å². The van der Waals surface area contributed by atoms with Crippen LogP contribution in [0.3, 0.4) is 0 Å². The fraction of sp³-hybridized carbons (Fsp3) is 0.933. The molecule has 1 N–H and O–H groups in total. The van der Waals surface area contributed by atoms with Crippen molar-refractivity contribution in [2.24, 2.45) is 5.92 Å². The van der Waals surface area contributed by atoms with E-state index in [4.69, 9.17) is 9.47 Å². The Labute approximate surface area is 121 Å². The van der Waals surface area contributed by atoms with Crippen molar-refractivity contribution < 1.29 is 19.4 Å². The number of hydrogen-bond acceptors (Lipinski definition) is 4. The summed E-state index contributed by atoms with van der Waals surface area (Å²) in [6.07, 6.45) is 2.89. The van der Waals surface area contributed by atoms with Crippen molar-refractivity contribution in [3.8, 4) is 0 Å². The molecule has 5 nitrogen and oxygen atoms in total. The third-order valence-corrected chi connectivity index (χ3v) is 4.55. The third-order valence-electron chi connectivity index (χ3n) is 4.55. The number of aliphatic hydroxyl groups is 1. The third kappa shape index (κ3) is 3.51. The molecule has 2 aliphatic rings. The highest BCUT2D eigenvalue weighted by Crippen LogP contribution is 2.39. The number of aliphatic hydroxyl groups excluding tert-OH is 1. The van der Waals surface area contributed by atoms with E-state index in [2.05, 4.69) is 13.8 Å². The van der Waals surface area contributed by atoms with Crippen LogP contribution in [0.4, 0.5) is 0 Å². The van der Waals surface area contributed by atoms with Gasteiger partial charge in [0.15, 0.2) is 0 Å². The second kappa shape index (κ2) is 6.41. The van der Waals surface area contributed by atoms with Crippen molar-refractivity contribution in [1.29, 1.82) is 0 Å². The highest BCUT2D eigenvalue weighted by atomic mass is 16.5. The zero-order valence-corrected chi connectivity index (χ0v) is 12.8. The number of piperidine rings is 1. The summed E-state index contributed by atoms with van der Waals surface area (Å²) in [7, 11) is 1.54. The Bertz CT molecular complexity index is 337. The number of carbonyl (C=O) groups is 1. The topological polar surface area (TPSA) is 59.0 Å². The number of carbonyl (C=O) groups excluding carboxylic acids is 1. The number of likely N-dealkylation sites (tertiary alicyclic amines) is 1. The minimum Gasteiger partial charge on any atom is -0.393 e. The summed E-state index contributed by atoms with van der Waals surface area (Å²) >= 11 is 0. The minimum atomic E-state index is -0.280. The van der Waals surface area contributed by atoms with E-state index in [0.717, 1.165) is 19.3 Å². The molecule has 2 saturated heterocycles. The number of nitrogens with zero attached hydrogens (tertiary/aromatic N) is 1. The number of rotatable bonds is 3. The maximum absolute atomic E-state index is 11.8. The highest BCUT2D eigenvalue weighted by molar-refractivity contribution is 5.77. The van der Waals surface area contributed by atoms with Crippen LogP contribution in [0.1, 0.15) is 39.5 Å². The first-order valence-electron chi connectivity index (χ1n) is 7.58. The first-order valence-corrected chi connectivity index (χ1v) is 7.58. The van der Waals surface area contributed by atoms with E-state index in [1.54, 1.807) is 0 Å². The first-order chi connectivity index (χ1) is 9.46. The average Bonchev–Trinajstić information content (AvgIpc) is 2.38. The van der Waals surface area contributed by atoms with E-state index >= 15 is 0 Å². The van der Waals surface area contributed by atoms with Crippen molar-refractivity contribution in [3.63, 3.8) is 0 Å². The van der Waals surface area contributed by atoms with E-state index in [-0.39, 0.29) is 30.3 Å². The Hall–Kier alpha value is -0.650. The minimum absolute atomic E-state index is 0.0408. The monoisotopic (exact) mass is 285 g/mol. The van der Waals surface area contributed by atoms with E-state index in [1.165, 1.54) is 7.11 Å². The van der Waals surface area contributed by atoms with Gasteiger partial charge in [-0.2, -0.15) is 0 Å². The largest absolute Gasteiger partial charge is 0.393 e. The molecule has 2 fully saturated rings. The molecule has 5 heteroatoms. The molecule has 20 heavy (non-hydrogen) atoms. The molecule has 0 unspecified atom stereocenters. The fourth-order valence-electron chi connectivity index (χ4n) is 3.31. The lowest BCUT2D eigenvalue weighted by atomic mass is 9.80. The summed E-state index contributed by atoms with van der Waals surface area (Å²) in [5.74, 6) is 0.453. The standard InChI is InChI=1S/C15H27NO4/c1-11(2)13-8-12(17)9-15(20-13)4-6-16(7-5-15)14(18)10-19-3/h11-13,17H,4-10H2,1-3H3/t12-,13-/m1/s1. The molecule has 1 amide bonds. The van der Waals surface area contributed by atoms with Gasteiger partial charge in [-0.3, -0.25) is 4.79 Å². The zero-order valence-electron chi connectivity index (χ0n) is 12.8. The summed E-state index contributed by atoms with van der Waals surface area (Å²) in [6, 6.07) is 0. The van der Waals surface area contributed by atoms with Gasteiger partial charge < -0.3 is 19.5 Å². The van der Waals surface area contributed by atoms with Gasteiger partial charge in [0, 0.05) is 26.6 Å². The van der Waals surface area contributed by atoms with E-state index < -0.39 is 0 Å². The Kier molecular flexibility index (Phi) is 5.04. The van der Waals surface area contributed by atoms with Crippen molar-refractivity contribution in [3.05, 3.63) is 0 Å². The van der Waals surface area contributed by atoms with Gasteiger partial charge >= 0.3 is 0 Å². The number of methoxy groups -OCH3 is 1. The quantitative estimate of drug-likeness (QED) is 0.846. The molecular weight excluding hydrogens is 258 g/mol. The predicted molar refractivity (Wildman–Crippen MR) is 75.4 cm³/mol. The van der Waals surface area contributed by atoms with Crippen LogP contribution in [0.5, 0.6) is 0 Å². The molecule has 2 atom stereocenters. The van der Waals surface area contributed by atoms with Gasteiger partial charge in [-0.05, 0) is 25.2 Å². The van der Waals surface area contributed by atoms with Gasteiger partial charge in [0.1, 0.15) is 6.61 Å². The second-order valence-electron chi connectivity index (χ2n) is 6.49. The summed E-state index contributed by atoms with van der Waals surface area (Å²) in [5.41, 5.74) is -0.240. The molecule has 1 spiro atoms. The van der Waals surface area contributed by atoms with Crippen LogP contribution in [-0.2, 0) is 14.3 Å². The van der Waals surface area contributed by atoms with Crippen LogP contribution in [0.2, 0.25) is 0 Å². The van der Waals surface area contributed by atoms with Gasteiger partial charge in [-0.1, -0.05) is 13.8 Å². The normalized spacial score (nSPS) is 29.9. The van der Waals surface area contributed by atoms with Gasteiger partial charge in [0.25, 0.3) is 0 Å². The molecule has 0 aliphatic carbocycles. The van der Waals surface area contributed by atoms with Crippen molar-refractivity contribution in [2.75, 3.05) is 26.8 Å². The van der Waals surface area contributed by atoms with Crippen molar-refractivity contribution in [1.82, 2.24) is 4.90 Å². The molecule has 2 rings (SSSR count). The molecule has 0 aromatic carbocycles. The van der Waals surface area contributed by atoms with Crippen LogP contribution in [0, 0.1) is 5.92 Å². The number of amides is 1. The second-order valence-corrected chi connectivity index (χ2v) is 6.49. The fourth-order valence-corrected chi connectivity index (χ4v) is 3.31. The van der Waals surface area contributed by atoms with Crippen LogP contribution < -0.4 is 0 Å². The lowest BCUT2D eigenvalue weighted by molar-refractivity contribution is -0.194. The first kappa shape index (κ1) is 15.7. The maximum Gasteiger partial charge on any atom is 0.248 e. The molecule has 2 heterocycles. The highest BCUT2D eigenvalue weighted by Gasteiger charge is 2.44. The van der Waals surface area contributed by atoms with Crippen LogP contribution in [0.15, 0.2) is 0 Å². The summed E-state index contributed by atoms with van der Waals surface area (Å²) in [6.45, 7) is 5.80. The summed E-state index contributed by atoms with van der Waals surface area (Å²) in [5, 5.41) is 10.1. The average molecular weight is 285 g/mol. The van der Waals surface area contributed by atoms with Crippen molar-refractivity contribution >= 4 is 5.91 Å². The molecule has 116 valence electrons. The van der Waals surface area contributed by atoms with Crippen LogP contribution in [0.25, 0.3) is 0 Å². The number of hydrogen-bond donors (Lipinski definition) is 1. The molecule has 0 saturated carbocycles. The molecule has 0 aromatic rings. The zero-order chi connectivity index (χ0) is 14.8. The lowest BCUT2D eigenvalue weighted by Gasteiger charge is -2.48. The molecular formula is C15H27NO4. The molecule has 2 aliphatic heterocycles. The SMILES string of the molecule is COCC(=O)N1CCC2(CC1)C[C@H](O)C[C@H](C(C)C)O2. The van der Waals surface area contributed by atoms with E-state index in [0.29, 0.717) is 25.4 Å². The summed E-state index contributed by atoms with van der Waals surface area (Å²) < 4.78 is 11.2. The van der Waals surface area contributed by atoms with Gasteiger partial charge in [-0.25, -0.2) is 0 Å². The maximum atomic E-state index is 11.8. The Morgan fingerprint density at radius 2 is 2.10 bits per heavy atom. The molecule has 0 radical (unpaired) electrons.